The van der Waals surface area contributed by atoms with E-state index in [1.165, 1.54) is 5.69 Å². The first kappa shape index (κ1) is 19.9. The molecular weight excluding hydrogens is 330 g/mol. The SMILES string of the molecule is CCCNC(=O)CCNC(=NC)N1CCN(c2ccc(OC)cc2)CC1. The summed E-state index contributed by atoms with van der Waals surface area (Å²) in [7, 11) is 3.47. The summed E-state index contributed by atoms with van der Waals surface area (Å²) in [4.78, 5) is 20.6. The predicted octanol–water partition coefficient (Wildman–Crippen LogP) is 1.31. The van der Waals surface area contributed by atoms with Gasteiger partial charge in [0.15, 0.2) is 5.96 Å². The standard InChI is InChI=1S/C19H31N5O2/c1-4-10-21-18(25)9-11-22-19(20-2)24-14-12-23(13-15-24)16-5-7-17(26-3)8-6-16/h5-8H,4,9-15H2,1-3H3,(H,20,22)(H,21,25). The Morgan fingerprint density at radius 2 is 1.81 bits per heavy atom. The van der Waals surface area contributed by atoms with Crippen molar-refractivity contribution < 1.29 is 9.53 Å². The monoisotopic (exact) mass is 361 g/mol. The van der Waals surface area contributed by atoms with E-state index in [0.717, 1.165) is 50.9 Å². The molecule has 0 spiro atoms. The number of methoxy groups -OCH3 is 1. The van der Waals surface area contributed by atoms with Gasteiger partial charge in [0.2, 0.25) is 5.91 Å². The molecule has 2 N–H and O–H groups in total. The van der Waals surface area contributed by atoms with Gasteiger partial charge in [0.1, 0.15) is 5.75 Å². The van der Waals surface area contributed by atoms with E-state index in [1.54, 1.807) is 14.2 Å². The molecule has 0 unspecified atom stereocenters. The van der Waals surface area contributed by atoms with Gasteiger partial charge in [0.05, 0.1) is 7.11 Å². The van der Waals surface area contributed by atoms with E-state index in [0.29, 0.717) is 13.0 Å². The number of hydrogen-bond acceptors (Lipinski definition) is 4. The molecule has 1 saturated heterocycles. The Hall–Kier alpha value is -2.44. The number of benzene rings is 1. The number of ether oxygens (including phenoxy) is 1. The second kappa shape index (κ2) is 10.5. The molecule has 0 aromatic heterocycles. The number of hydrogen-bond donors (Lipinski definition) is 2. The average molecular weight is 361 g/mol. The topological polar surface area (TPSA) is 69.2 Å². The van der Waals surface area contributed by atoms with E-state index in [-0.39, 0.29) is 5.91 Å². The molecule has 144 valence electrons. The third kappa shape index (κ3) is 5.82. The number of nitrogens with one attached hydrogen (secondary N) is 2. The lowest BCUT2D eigenvalue weighted by Crippen LogP contribution is -2.52. The number of rotatable bonds is 7. The summed E-state index contributed by atoms with van der Waals surface area (Å²) in [5.41, 5.74) is 1.21. The van der Waals surface area contributed by atoms with Crippen molar-refractivity contribution in [3.63, 3.8) is 0 Å². The molecule has 0 bridgehead atoms. The molecular formula is C19H31N5O2. The molecule has 7 heteroatoms. The third-order valence-electron chi connectivity index (χ3n) is 4.44. The number of aliphatic imine (C=N–C) groups is 1. The van der Waals surface area contributed by atoms with Gasteiger partial charge in [0.25, 0.3) is 0 Å². The summed E-state index contributed by atoms with van der Waals surface area (Å²) in [6.45, 7) is 7.04. The van der Waals surface area contributed by atoms with Crippen LogP contribution in [0.2, 0.25) is 0 Å². The minimum atomic E-state index is 0.0825. The maximum Gasteiger partial charge on any atom is 0.221 e. The second-order valence-corrected chi connectivity index (χ2v) is 6.25. The molecule has 1 amide bonds. The molecule has 0 aliphatic carbocycles. The van der Waals surface area contributed by atoms with Crippen LogP contribution in [0.5, 0.6) is 5.75 Å². The highest BCUT2D eigenvalue weighted by atomic mass is 16.5. The molecule has 1 fully saturated rings. The Balaban J connectivity index is 1.76. The molecule has 0 atom stereocenters. The van der Waals surface area contributed by atoms with Crippen molar-refractivity contribution in [2.45, 2.75) is 19.8 Å². The zero-order valence-corrected chi connectivity index (χ0v) is 16.1. The predicted molar refractivity (Wildman–Crippen MR) is 106 cm³/mol. The Labute approximate surface area is 156 Å². The van der Waals surface area contributed by atoms with Gasteiger partial charge < -0.3 is 25.2 Å². The third-order valence-corrected chi connectivity index (χ3v) is 4.44. The first-order chi connectivity index (χ1) is 12.7. The fourth-order valence-corrected chi connectivity index (χ4v) is 2.94. The molecule has 0 saturated carbocycles. The smallest absolute Gasteiger partial charge is 0.221 e. The molecule has 1 aromatic rings. The Morgan fingerprint density at radius 3 is 2.38 bits per heavy atom. The molecule has 0 radical (unpaired) electrons. The fourth-order valence-electron chi connectivity index (χ4n) is 2.94. The van der Waals surface area contributed by atoms with E-state index < -0.39 is 0 Å². The Morgan fingerprint density at radius 1 is 1.12 bits per heavy atom. The average Bonchev–Trinajstić information content (AvgIpc) is 2.70. The lowest BCUT2D eigenvalue weighted by atomic mass is 10.2. The van der Waals surface area contributed by atoms with Crippen LogP contribution in [0.15, 0.2) is 29.3 Å². The van der Waals surface area contributed by atoms with E-state index in [2.05, 4.69) is 37.6 Å². The van der Waals surface area contributed by atoms with Gasteiger partial charge in [-0.15, -0.1) is 0 Å². The zero-order chi connectivity index (χ0) is 18.8. The van der Waals surface area contributed by atoms with Crippen LogP contribution < -0.4 is 20.3 Å². The quantitative estimate of drug-likeness (QED) is 0.566. The van der Waals surface area contributed by atoms with Crippen molar-refractivity contribution in [1.29, 1.82) is 0 Å². The largest absolute Gasteiger partial charge is 0.497 e. The van der Waals surface area contributed by atoms with Crippen molar-refractivity contribution in [2.75, 3.05) is 58.3 Å². The highest BCUT2D eigenvalue weighted by Crippen LogP contribution is 2.20. The molecule has 1 aliphatic rings. The van der Waals surface area contributed by atoms with Crippen molar-refractivity contribution in [3.8, 4) is 5.75 Å². The van der Waals surface area contributed by atoms with E-state index in [9.17, 15) is 4.79 Å². The van der Waals surface area contributed by atoms with E-state index in [4.69, 9.17) is 4.74 Å². The first-order valence-electron chi connectivity index (χ1n) is 9.29. The van der Waals surface area contributed by atoms with Crippen LogP contribution in [0.25, 0.3) is 0 Å². The van der Waals surface area contributed by atoms with Crippen molar-refractivity contribution in [2.24, 2.45) is 4.99 Å². The molecule has 7 nitrogen and oxygen atoms in total. The van der Waals surface area contributed by atoms with Crippen LogP contribution >= 0.6 is 0 Å². The van der Waals surface area contributed by atoms with Crippen molar-refractivity contribution in [1.82, 2.24) is 15.5 Å². The minimum Gasteiger partial charge on any atom is -0.497 e. The minimum absolute atomic E-state index is 0.0825. The summed E-state index contributed by atoms with van der Waals surface area (Å²) >= 11 is 0. The number of amides is 1. The van der Waals surface area contributed by atoms with Gasteiger partial charge in [-0.2, -0.15) is 0 Å². The molecule has 26 heavy (non-hydrogen) atoms. The second-order valence-electron chi connectivity index (χ2n) is 6.25. The number of anilines is 1. The van der Waals surface area contributed by atoms with Crippen LogP contribution in [0.1, 0.15) is 19.8 Å². The van der Waals surface area contributed by atoms with Gasteiger partial charge in [0, 0.05) is 58.4 Å². The summed E-state index contributed by atoms with van der Waals surface area (Å²) in [6.07, 6.45) is 1.42. The van der Waals surface area contributed by atoms with Crippen LogP contribution in [0.3, 0.4) is 0 Å². The summed E-state index contributed by atoms with van der Waals surface area (Å²) in [6, 6.07) is 8.17. The van der Waals surface area contributed by atoms with Crippen LogP contribution in [0, 0.1) is 0 Å². The van der Waals surface area contributed by atoms with E-state index >= 15 is 0 Å². The Bertz CT molecular complexity index is 580. The number of carbonyl (C=O) groups excluding carboxylic acids is 1. The van der Waals surface area contributed by atoms with Crippen LogP contribution in [0.4, 0.5) is 5.69 Å². The number of nitrogens with zero attached hydrogens (tertiary/aromatic N) is 3. The number of guanidine groups is 1. The number of carbonyl (C=O) groups is 1. The Kier molecular flexibility index (Phi) is 8.05. The summed E-state index contributed by atoms with van der Waals surface area (Å²) in [5.74, 6) is 1.82. The molecule has 1 heterocycles. The summed E-state index contributed by atoms with van der Waals surface area (Å²) in [5, 5.41) is 6.18. The zero-order valence-electron chi connectivity index (χ0n) is 16.1. The highest BCUT2D eigenvalue weighted by molar-refractivity contribution is 5.81. The summed E-state index contributed by atoms with van der Waals surface area (Å²) < 4.78 is 5.22. The van der Waals surface area contributed by atoms with Gasteiger partial charge in [-0.25, -0.2) is 0 Å². The van der Waals surface area contributed by atoms with Gasteiger partial charge in [-0.3, -0.25) is 9.79 Å². The van der Waals surface area contributed by atoms with Crippen LogP contribution in [-0.4, -0.2) is 70.2 Å². The lowest BCUT2D eigenvalue weighted by Gasteiger charge is -2.37. The lowest BCUT2D eigenvalue weighted by molar-refractivity contribution is -0.120. The maximum atomic E-state index is 11.7. The fraction of sp³-hybridized carbons (Fsp3) is 0.579. The van der Waals surface area contributed by atoms with Gasteiger partial charge in [-0.1, -0.05) is 6.92 Å². The van der Waals surface area contributed by atoms with Crippen LogP contribution in [-0.2, 0) is 4.79 Å². The molecule has 2 rings (SSSR count). The van der Waals surface area contributed by atoms with E-state index in [1.807, 2.05) is 19.1 Å². The highest BCUT2D eigenvalue weighted by Gasteiger charge is 2.19. The van der Waals surface area contributed by atoms with Crippen molar-refractivity contribution in [3.05, 3.63) is 24.3 Å². The molecule has 1 aromatic carbocycles. The van der Waals surface area contributed by atoms with Gasteiger partial charge in [-0.05, 0) is 30.7 Å². The van der Waals surface area contributed by atoms with Crippen molar-refractivity contribution >= 4 is 17.6 Å². The first-order valence-corrected chi connectivity index (χ1v) is 9.29. The molecule has 1 aliphatic heterocycles. The number of piperazine rings is 1. The van der Waals surface area contributed by atoms with Gasteiger partial charge >= 0.3 is 0 Å². The maximum absolute atomic E-state index is 11.7. The normalized spacial score (nSPS) is 15.0.